The molecule has 0 aromatic heterocycles. The third kappa shape index (κ3) is 3.80. The first kappa shape index (κ1) is 17.2. The summed E-state index contributed by atoms with van der Waals surface area (Å²) in [6.45, 7) is 7.73. The van der Waals surface area contributed by atoms with E-state index >= 15 is 0 Å². The van der Waals surface area contributed by atoms with Crippen molar-refractivity contribution in [2.45, 2.75) is 38.1 Å². The van der Waals surface area contributed by atoms with Crippen LogP contribution in [0.3, 0.4) is 0 Å². The Bertz CT molecular complexity index is 584. The average Bonchev–Trinajstić information content (AvgIpc) is 2.87. The van der Waals surface area contributed by atoms with E-state index in [0.717, 1.165) is 6.42 Å². The van der Waals surface area contributed by atoms with Gasteiger partial charge in [-0.1, -0.05) is 13.8 Å². The molecular formula is C16H26N2O3S. The Hall–Kier alpha value is -1.11. The van der Waals surface area contributed by atoms with Crippen molar-refractivity contribution in [3.05, 3.63) is 24.3 Å². The van der Waals surface area contributed by atoms with E-state index in [9.17, 15) is 8.42 Å². The Morgan fingerprint density at radius 3 is 2.45 bits per heavy atom. The van der Waals surface area contributed by atoms with Crippen LogP contribution in [0.1, 0.15) is 27.2 Å². The van der Waals surface area contributed by atoms with Gasteiger partial charge in [-0.25, -0.2) is 8.42 Å². The van der Waals surface area contributed by atoms with Crippen LogP contribution in [0.25, 0.3) is 0 Å². The summed E-state index contributed by atoms with van der Waals surface area (Å²) in [7, 11) is -3.46. The van der Waals surface area contributed by atoms with Crippen molar-refractivity contribution in [2.75, 3.05) is 19.7 Å². The van der Waals surface area contributed by atoms with Crippen molar-refractivity contribution in [2.24, 2.45) is 17.6 Å². The third-order valence-corrected chi connectivity index (χ3v) is 5.95. The summed E-state index contributed by atoms with van der Waals surface area (Å²) in [6.07, 6.45) is 0.825. The number of nitrogens with zero attached hydrogens (tertiary/aromatic N) is 1. The molecule has 1 aromatic carbocycles. The molecule has 0 spiro atoms. The molecule has 0 saturated carbocycles. The summed E-state index contributed by atoms with van der Waals surface area (Å²) < 4.78 is 32.6. The second-order valence-electron chi connectivity index (χ2n) is 6.44. The molecule has 1 aliphatic rings. The smallest absolute Gasteiger partial charge is 0.243 e. The Morgan fingerprint density at radius 2 is 1.95 bits per heavy atom. The number of benzene rings is 1. The standard InChI is InChI=1S/C16H26N2O3S/c1-12(2)11-21-15-4-6-16(7-5-15)22(19,20)18-10-14(9-17)8-13(18)3/h4-7,12-14H,8-11,17H2,1-3H3. The molecule has 1 fully saturated rings. The van der Waals surface area contributed by atoms with Gasteiger partial charge in [-0.05, 0) is 56.0 Å². The summed E-state index contributed by atoms with van der Waals surface area (Å²) in [6, 6.07) is 6.67. The van der Waals surface area contributed by atoms with Crippen LogP contribution < -0.4 is 10.5 Å². The normalized spacial score (nSPS) is 23.1. The molecule has 0 aliphatic carbocycles. The molecule has 2 unspecified atom stereocenters. The molecule has 1 heterocycles. The van der Waals surface area contributed by atoms with Crippen molar-refractivity contribution < 1.29 is 13.2 Å². The van der Waals surface area contributed by atoms with Crippen LogP contribution in [-0.4, -0.2) is 38.5 Å². The van der Waals surface area contributed by atoms with Gasteiger partial charge in [0.15, 0.2) is 0 Å². The molecule has 1 aromatic rings. The van der Waals surface area contributed by atoms with Crippen LogP contribution in [-0.2, 0) is 10.0 Å². The lowest BCUT2D eigenvalue weighted by Gasteiger charge is -2.21. The van der Waals surface area contributed by atoms with Gasteiger partial charge in [0.1, 0.15) is 5.75 Å². The minimum Gasteiger partial charge on any atom is -0.493 e. The quantitative estimate of drug-likeness (QED) is 0.869. The van der Waals surface area contributed by atoms with E-state index in [1.165, 1.54) is 0 Å². The lowest BCUT2D eigenvalue weighted by Crippen LogP contribution is -2.34. The Labute approximate surface area is 133 Å². The predicted molar refractivity (Wildman–Crippen MR) is 87.3 cm³/mol. The SMILES string of the molecule is CC(C)COc1ccc(S(=O)(=O)N2CC(CN)CC2C)cc1. The van der Waals surface area contributed by atoms with Crippen molar-refractivity contribution >= 4 is 10.0 Å². The van der Waals surface area contributed by atoms with Gasteiger partial charge in [0, 0.05) is 12.6 Å². The minimum atomic E-state index is -3.46. The van der Waals surface area contributed by atoms with E-state index in [2.05, 4.69) is 13.8 Å². The van der Waals surface area contributed by atoms with E-state index in [1.54, 1.807) is 28.6 Å². The van der Waals surface area contributed by atoms with Gasteiger partial charge in [-0.3, -0.25) is 0 Å². The van der Waals surface area contributed by atoms with E-state index in [1.807, 2.05) is 6.92 Å². The first-order valence-corrected chi connectivity index (χ1v) is 9.23. The minimum absolute atomic E-state index is 0.00424. The van der Waals surface area contributed by atoms with Crippen LogP contribution in [0.2, 0.25) is 0 Å². The van der Waals surface area contributed by atoms with Gasteiger partial charge in [0.2, 0.25) is 10.0 Å². The van der Waals surface area contributed by atoms with E-state index < -0.39 is 10.0 Å². The van der Waals surface area contributed by atoms with Crippen LogP contribution in [0.4, 0.5) is 0 Å². The molecule has 1 saturated heterocycles. The highest BCUT2D eigenvalue weighted by atomic mass is 32.2. The van der Waals surface area contributed by atoms with Crippen LogP contribution >= 0.6 is 0 Å². The van der Waals surface area contributed by atoms with Gasteiger partial charge < -0.3 is 10.5 Å². The van der Waals surface area contributed by atoms with Crippen molar-refractivity contribution in [3.8, 4) is 5.75 Å². The van der Waals surface area contributed by atoms with E-state index in [-0.39, 0.29) is 12.0 Å². The summed E-state index contributed by atoms with van der Waals surface area (Å²) in [4.78, 5) is 0.314. The van der Waals surface area contributed by atoms with Crippen molar-refractivity contribution in [1.29, 1.82) is 0 Å². The molecular weight excluding hydrogens is 300 g/mol. The van der Waals surface area contributed by atoms with Gasteiger partial charge in [-0.15, -0.1) is 0 Å². The second-order valence-corrected chi connectivity index (χ2v) is 8.33. The zero-order valence-electron chi connectivity index (χ0n) is 13.5. The highest BCUT2D eigenvalue weighted by molar-refractivity contribution is 7.89. The topological polar surface area (TPSA) is 72.6 Å². The number of hydrogen-bond acceptors (Lipinski definition) is 4. The molecule has 2 rings (SSSR count). The number of sulfonamides is 1. The van der Waals surface area contributed by atoms with Crippen LogP contribution in [0, 0.1) is 11.8 Å². The fourth-order valence-electron chi connectivity index (χ4n) is 2.72. The van der Waals surface area contributed by atoms with Crippen LogP contribution in [0.5, 0.6) is 5.75 Å². The molecule has 0 amide bonds. The number of nitrogens with two attached hydrogens (primary N) is 1. The average molecular weight is 326 g/mol. The van der Waals surface area contributed by atoms with Gasteiger partial charge >= 0.3 is 0 Å². The fourth-order valence-corrected chi connectivity index (χ4v) is 4.44. The van der Waals surface area contributed by atoms with Gasteiger partial charge in [-0.2, -0.15) is 4.31 Å². The van der Waals surface area contributed by atoms with Crippen molar-refractivity contribution in [1.82, 2.24) is 4.31 Å². The highest BCUT2D eigenvalue weighted by Gasteiger charge is 2.37. The summed E-state index contributed by atoms with van der Waals surface area (Å²) in [5.41, 5.74) is 5.68. The first-order valence-electron chi connectivity index (χ1n) is 7.79. The van der Waals surface area contributed by atoms with Crippen LogP contribution in [0.15, 0.2) is 29.2 Å². The maximum atomic E-state index is 12.7. The molecule has 5 nitrogen and oxygen atoms in total. The van der Waals surface area contributed by atoms with E-state index in [0.29, 0.717) is 36.3 Å². The lowest BCUT2D eigenvalue weighted by atomic mass is 10.1. The number of rotatable bonds is 6. The maximum absolute atomic E-state index is 12.7. The Balaban J connectivity index is 2.13. The zero-order chi connectivity index (χ0) is 16.3. The van der Waals surface area contributed by atoms with Gasteiger partial charge in [0.05, 0.1) is 11.5 Å². The number of hydrogen-bond donors (Lipinski definition) is 1. The lowest BCUT2D eigenvalue weighted by molar-refractivity contribution is 0.271. The molecule has 0 radical (unpaired) electrons. The second kappa shape index (κ2) is 6.98. The first-order chi connectivity index (χ1) is 10.3. The largest absolute Gasteiger partial charge is 0.493 e. The molecule has 6 heteroatoms. The monoisotopic (exact) mass is 326 g/mol. The van der Waals surface area contributed by atoms with E-state index in [4.69, 9.17) is 10.5 Å². The molecule has 124 valence electrons. The molecule has 1 aliphatic heterocycles. The third-order valence-electron chi connectivity index (χ3n) is 3.95. The fraction of sp³-hybridized carbons (Fsp3) is 0.625. The molecule has 2 atom stereocenters. The Morgan fingerprint density at radius 1 is 1.32 bits per heavy atom. The molecule has 0 bridgehead atoms. The molecule has 2 N–H and O–H groups in total. The highest BCUT2D eigenvalue weighted by Crippen LogP contribution is 2.29. The summed E-state index contributed by atoms with van der Waals surface area (Å²) in [5, 5.41) is 0. The number of ether oxygens (including phenoxy) is 1. The van der Waals surface area contributed by atoms with Crippen molar-refractivity contribution in [3.63, 3.8) is 0 Å². The predicted octanol–water partition coefficient (Wildman–Crippen LogP) is 2.08. The maximum Gasteiger partial charge on any atom is 0.243 e. The summed E-state index contributed by atoms with van der Waals surface area (Å²) in [5.74, 6) is 1.38. The molecule has 22 heavy (non-hydrogen) atoms. The summed E-state index contributed by atoms with van der Waals surface area (Å²) >= 11 is 0. The zero-order valence-corrected chi connectivity index (χ0v) is 14.3. The Kier molecular flexibility index (Phi) is 5.47. The van der Waals surface area contributed by atoms with Gasteiger partial charge in [0.25, 0.3) is 0 Å².